The van der Waals surface area contributed by atoms with Crippen molar-refractivity contribution in [1.82, 2.24) is 24.9 Å². The van der Waals surface area contributed by atoms with Gasteiger partial charge in [-0.05, 0) is 35.0 Å². The fraction of sp³-hybridized carbons (Fsp3) is 0.211. The number of rotatable bonds is 10. The van der Waals surface area contributed by atoms with E-state index < -0.39 is 51.5 Å². The molecule has 174 valence electrons. The summed E-state index contributed by atoms with van der Waals surface area (Å²) in [4.78, 5) is 24.0. The number of Topliss-reactive ketones (excluding diaryl/α,β-unsaturated/α-hetero) is 1. The number of aliphatic carboxylic acids is 1. The first-order chi connectivity index (χ1) is 15.6. The van der Waals surface area contributed by atoms with Crippen molar-refractivity contribution in [3.05, 3.63) is 69.7 Å². The van der Waals surface area contributed by atoms with Crippen LogP contribution >= 0.6 is 23.2 Å². The lowest BCUT2D eigenvalue weighted by Gasteiger charge is -2.16. The quantitative estimate of drug-likeness (QED) is 0.417. The minimum Gasteiger partial charge on any atom is -0.481 e. The summed E-state index contributed by atoms with van der Waals surface area (Å²) in [6.07, 6.45) is -0.755. The van der Waals surface area contributed by atoms with Crippen LogP contribution in [0.4, 0.5) is 4.39 Å². The molecule has 1 aromatic heterocycles. The minimum atomic E-state index is -4.52. The lowest BCUT2D eigenvalue weighted by molar-refractivity contribution is -0.139. The first-order valence-electron chi connectivity index (χ1n) is 9.28. The molecule has 0 fully saturated rings. The van der Waals surface area contributed by atoms with Gasteiger partial charge in [-0.15, -0.1) is 10.2 Å². The third kappa shape index (κ3) is 6.32. The van der Waals surface area contributed by atoms with Crippen molar-refractivity contribution in [1.29, 1.82) is 0 Å². The fourth-order valence-corrected chi connectivity index (χ4v) is 4.66. The number of ketones is 1. The number of nitrogens with one attached hydrogen (secondary N) is 1. The molecular weight excluding hydrogens is 500 g/mol. The Morgan fingerprint density at radius 3 is 2.42 bits per heavy atom. The maximum atomic E-state index is 13.9. The van der Waals surface area contributed by atoms with Crippen LogP contribution in [0.1, 0.15) is 17.8 Å². The van der Waals surface area contributed by atoms with Crippen LogP contribution in [0.25, 0.3) is 0 Å². The van der Waals surface area contributed by atoms with Crippen molar-refractivity contribution < 1.29 is 27.5 Å². The van der Waals surface area contributed by atoms with Gasteiger partial charge in [-0.3, -0.25) is 9.59 Å². The molecule has 3 aromatic rings. The van der Waals surface area contributed by atoms with Crippen molar-refractivity contribution in [2.24, 2.45) is 0 Å². The van der Waals surface area contributed by atoms with E-state index in [1.807, 2.05) is 4.72 Å². The van der Waals surface area contributed by atoms with Crippen LogP contribution in [-0.2, 0) is 32.6 Å². The number of nitrogens with zero attached hydrogens (tertiary/aromatic N) is 4. The molecule has 2 N–H and O–H groups in total. The second-order valence-corrected chi connectivity index (χ2v) is 9.28. The van der Waals surface area contributed by atoms with Gasteiger partial charge >= 0.3 is 5.97 Å². The Morgan fingerprint density at radius 1 is 1.12 bits per heavy atom. The summed E-state index contributed by atoms with van der Waals surface area (Å²) in [5.41, 5.74) is 0.549. The van der Waals surface area contributed by atoms with E-state index in [4.69, 9.17) is 28.3 Å². The highest BCUT2D eigenvalue weighted by Gasteiger charge is 2.30. The van der Waals surface area contributed by atoms with Gasteiger partial charge < -0.3 is 5.11 Å². The predicted octanol–water partition coefficient (Wildman–Crippen LogP) is 2.10. The third-order valence-corrected chi connectivity index (χ3v) is 6.59. The summed E-state index contributed by atoms with van der Waals surface area (Å²) in [7, 11) is -4.52. The van der Waals surface area contributed by atoms with E-state index in [1.165, 1.54) is 12.1 Å². The Bertz CT molecular complexity index is 1280. The Kier molecular flexibility index (Phi) is 7.74. The summed E-state index contributed by atoms with van der Waals surface area (Å²) in [6, 6.07) is 7.74. The van der Waals surface area contributed by atoms with Crippen LogP contribution in [0.2, 0.25) is 10.0 Å². The van der Waals surface area contributed by atoms with Crippen LogP contribution in [0.15, 0.2) is 47.4 Å². The van der Waals surface area contributed by atoms with Crippen molar-refractivity contribution in [3.8, 4) is 0 Å². The summed E-state index contributed by atoms with van der Waals surface area (Å²) >= 11 is 12.2. The molecule has 0 saturated heterocycles. The second kappa shape index (κ2) is 10.3. The standard InChI is InChI=1S/C19H16Cl2FN5O5S/c20-12-4-3-5-13(21)11(12)8-18-23-26-27(24-18)10-16(28)15(9-19(29)30)25-33(31,32)17-7-2-1-6-14(17)22/h1-7,15,25H,8-10H2,(H,29,30). The van der Waals surface area contributed by atoms with Crippen LogP contribution in [0.5, 0.6) is 0 Å². The molecule has 3 rings (SSSR count). The highest BCUT2D eigenvalue weighted by molar-refractivity contribution is 7.89. The molecule has 10 nitrogen and oxygen atoms in total. The van der Waals surface area contributed by atoms with Crippen LogP contribution < -0.4 is 4.72 Å². The molecule has 1 atom stereocenters. The summed E-state index contributed by atoms with van der Waals surface area (Å²) < 4.78 is 40.9. The summed E-state index contributed by atoms with van der Waals surface area (Å²) in [5, 5.41) is 21.4. The van der Waals surface area contributed by atoms with Crippen molar-refractivity contribution in [3.63, 3.8) is 0 Å². The van der Waals surface area contributed by atoms with Crippen LogP contribution in [0.3, 0.4) is 0 Å². The van der Waals surface area contributed by atoms with Crippen molar-refractivity contribution in [2.45, 2.75) is 30.3 Å². The zero-order valence-electron chi connectivity index (χ0n) is 16.7. The molecule has 14 heteroatoms. The molecule has 33 heavy (non-hydrogen) atoms. The largest absolute Gasteiger partial charge is 0.481 e. The molecule has 0 aliphatic rings. The Labute approximate surface area is 197 Å². The van der Waals surface area contributed by atoms with Gasteiger partial charge in [-0.2, -0.15) is 9.52 Å². The lowest BCUT2D eigenvalue weighted by Crippen LogP contribution is -2.44. The topological polar surface area (TPSA) is 144 Å². The SMILES string of the molecule is O=C(O)CC(NS(=O)(=O)c1ccccc1F)C(=O)Cn1nnc(Cc2c(Cl)cccc2Cl)n1. The predicted molar refractivity (Wildman–Crippen MR) is 115 cm³/mol. The third-order valence-electron chi connectivity index (χ3n) is 4.38. The normalized spacial score (nSPS) is 12.5. The van der Waals surface area contributed by atoms with E-state index in [-0.39, 0.29) is 12.2 Å². The number of aromatic nitrogens is 4. The molecule has 0 saturated carbocycles. The smallest absolute Gasteiger partial charge is 0.305 e. The minimum absolute atomic E-state index is 0.116. The number of carboxylic acid groups (broad SMARTS) is 1. The number of hydrogen-bond donors (Lipinski definition) is 2. The van der Waals surface area contributed by atoms with Gasteiger partial charge in [0, 0.05) is 16.5 Å². The van der Waals surface area contributed by atoms with E-state index in [1.54, 1.807) is 18.2 Å². The average molecular weight is 516 g/mol. The zero-order chi connectivity index (χ0) is 24.2. The maximum Gasteiger partial charge on any atom is 0.305 e. The van der Waals surface area contributed by atoms with Crippen LogP contribution in [0, 0.1) is 5.82 Å². The Hall–Kier alpha value is -2.93. The van der Waals surface area contributed by atoms with Gasteiger partial charge in [-0.1, -0.05) is 41.4 Å². The molecule has 0 amide bonds. The number of carbonyl (C=O) groups excluding carboxylic acids is 1. The number of benzene rings is 2. The highest BCUT2D eigenvalue weighted by atomic mass is 35.5. The van der Waals surface area contributed by atoms with E-state index >= 15 is 0 Å². The molecule has 0 aliphatic heterocycles. The number of halogens is 3. The van der Waals surface area contributed by atoms with Gasteiger partial charge in [0.05, 0.1) is 12.5 Å². The molecule has 2 aromatic carbocycles. The molecule has 1 heterocycles. The lowest BCUT2D eigenvalue weighted by atomic mass is 10.1. The summed E-state index contributed by atoms with van der Waals surface area (Å²) in [5.74, 6) is -3.17. The van der Waals surface area contributed by atoms with Gasteiger partial charge in [0.1, 0.15) is 17.3 Å². The molecule has 1 unspecified atom stereocenters. The first-order valence-corrected chi connectivity index (χ1v) is 11.5. The Balaban J connectivity index is 1.76. The molecule has 0 bridgehead atoms. The molecular formula is C19H16Cl2FN5O5S. The van der Waals surface area contributed by atoms with Gasteiger partial charge in [0.2, 0.25) is 10.0 Å². The fourth-order valence-electron chi connectivity index (χ4n) is 2.83. The molecule has 0 spiro atoms. The van der Waals surface area contributed by atoms with Gasteiger partial charge in [0.25, 0.3) is 0 Å². The number of carboxylic acids is 1. The van der Waals surface area contributed by atoms with E-state index in [0.29, 0.717) is 15.6 Å². The Morgan fingerprint density at radius 2 is 1.79 bits per heavy atom. The molecule has 0 aliphatic carbocycles. The maximum absolute atomic E-state index is 13.9. The van der Waals surface area contributed by atoms with Crippen molar-refractivity contribution >= 4 is 45.0 Å². The van der Waals surface area contributed by atoms with E-state index in [2.05, 4.69) is 15.4 Å². The van der Waals surface area contributed by atoms with Crippen molar-refractivity contribution in [2.75, 3.05) is 0 Å². The van der Waals surface area contributed by atoms with E-state index in [0.717, 1.165) is 16.9 Å². The number of sulfonamides is 1. The van der Waals surface area contributed by atoms with Gasteiger partial charge in [-0.25, -0.2) is 12.8 Å². The van der Waals surface area contributed by atoms with Gasteiger partial charge in [0.15, 0.2) is 11.6 Å². The summed E-state index contributed by atoms with van der Waals surface area (Å²) in [6.45, 7) is -0.582. The highest BCUT2D eigenvalue weighted by Crippen LogP contribution is 2.25. The molecule has 0 radical (unpaired) electrons. The van der Waals surface area contributed by atoms with E-state index in [9.17, 15) is 22.4 Å². The zero-order valence-corrected chi connectivity index (χ0v) is 19.0. The number of tetrazole rings is 1. The number of carbonyl (C=O) groups is 2. The average Bonchev–Trinajstić information content (AvgIpc) is 3.17. The first kappa shape index (κ1) is 24.7. The van der Waals surface area contributed by atoms with Crippen LogP contribution in [-0.4, -0.2) is 51.5 Å². The monoisotopic (exact) mass is 515 g/mol. The number of hydrogen-bond acceptors (Lipinski definition) is 7. The second-order valence-electron chi connectivity index (χ2n) is 6.78.